The van der Waals surface area contributed by atoms with E-state index in [-0.39, 0.29) is 30.6 Å². The molecule has 3 aromatic carbocycles. The van der Waals surface area contributed by atoms with Gasteiger partial charge in [-0.1, -0.05) is 54.4 Å². The lowest BCUT2D eigenvalue weighted by Crippen LogP contribution is -2.53. The number of ether oxygens (including phenoxy) is 1. The Bertz CT molecular complexity index is 1400. The average Bonchev–Trinajstić information content (AvgIpc) is 2.89. The lowest BCUT2D eigenvalue weighted by Gasteiger charge is -2.33. The number of halogens is 2. The fourth-order valence-corrected chi connectivity index (χ4v) is 5.44. The maximum absolute atomic E-state index is 13.8. The van der Waals surface area contributed by atoms with Crippen molar-refractivity contribution in [2.24, 2.45) is 0 Å². The highest BCUT2D eigenvalue weighted by molar-refractivity contribution is 7.92. The summed E-state index contributed by atoms with van der Waals surface area (Å²) in [7, 11) is -3.89. The number of nitrogens with zero attached hydrogens (tertiary/aromatic N) is 2. The first kappa shape index (κ1) is 31.3. The summed E-state index contributed by atoms with van der Waals surface area (Å²) in [6.45, 7) is 4.80. The number of sulfonamides is 1. The van der Waals surface area contributed by atoms with Crippen molar-refractivity contribution >= 4 is 50.7 Å². The van der Waals surface area contributed by atoms with E-state index >= 15 is 0 Å². The number of anilines is 1. The van der Waals surface area contributed by atoms with E-state index in [2.05, 4.69) is 5.32 Å². The first-order valence-electron chi connectivity index (χ1n) is 12.7. The van der Waals surface area contributed by atoms with Gasteiger partial charge >= 0.3 is 0 Å². The number of hydrogen-bond donors (Lipinski definition) is 1. The molecule has 40 heavy (non-hydrogen) atoms. The van der Waals surface area contributed by atoms with Gasteiger partial charge in [-0.05, 0) is 68.8 Å². The summed E-state index contributed by atoms with van der Waals surface area (Å²) < 4.78 is 32.5. The summed E-state index contributed by atoms with van der Waals surface area (Å²) in [5.74, 6) is 0.185. The number of rotatable bonds is 12. The van der Waals surface area contributed by atoms with Gasteiger partial charge in [0.2, 0.25) is 21.8 Å². The molecule has 8 nitrogen and oxygen atoms in total. The minimum Gasteiger partial charge on any atom is -0.457 e. The molecule has 11 heteroatoms. The fraction of sp³-hybridized carbons (Fsp3) is 0.310. The van der Waals surface area contributed by atoms with Crippen LogP contribution in [0.15, 0.2) is 72.8 Å². The molecule has 1 atom stereocenters. The first-order chi connectivity index (χ1) is 18.9. The van der Waals surface area contributed by atoms with E-state index in [1.165, 1.54) is 4.90 Å². The van der Waals surface area contributed by atoms with Crippen LogP contribution in [0.25, 0.3) is 0 Å². The number of carbonyl (C=O) groups excluding carboxylic acids is 2. The molecule has 0 spiro atoms. The van der Waals surface area contributed by atoms with Crippen molar-refractivity contribution in [3.05, 3.63) is 88.4 Å². The molecule has 3 aromatic rings. The zero-order chi connectivity index (χ0) is 29.4. The smallest absolute Gasteiger partial charge is 0.244 e. The highest BCUT2D eigenvalue weighted by Crippen LogP contribution is 2.29. The van der Waals surface area contributed by atoms with E-state index in [4.69, 9.17) is 27.9 Å². The Labute approximate surface area is 245 Å². The minimum atomic E-state index is -3.89. The Morgan fingerprint density at radius 2 is 1.48 bits per heavy atom. The molecule has 0 unspecified atom stereocenters. The lowest BCUT2D eigenvalue weighted by molar-refractivity contribution is -0.140. The largest absolute Gasteiger partial charge is 0.457 e. The van der Waals surface area contributed by atoms with E-state index in [1.807, 2.05) is 32.0 Å². The van der Waals surface area contributed by atoms with Gasteiger partial charge in [0, 0.05) is 28.2 Å². The number of hydrogen-bond acceptors (Lipinski definition) is 5. The van der Waals surface area contributed by atoms with Crippen molar-refractivity contribution in [1.29, 1.82) is 0 Å². The topological polar surface area (TPSA) is 96.0 Å². The van der Waals surface area contributed by atoms with Crippen LogP contribution in [-0.4, -0.2) is 50.0 Å². The predicted octanol–water partition coefficient (Wildman–Crippen LogP) is 5.88. The molecule has 0 aliphatic rings. The van der Waals surface area contributed by atoms with Crippen LogP contribution in [0.5, 0.6) is 11.5 Å². The maximum atomic E-state index is 13.8. The summed E-state index contributed by atoms with van der Waals surface area (Å²) in [5.41, 5.74) is 0.731. The van der Waals surface area contributed by atoms with Crippen molar-refractivity contribution in [3.8, 4) is 11.5 Å². The second kappa shape index (κ2) is 13.9. The number of para-hydroxylation sites is 1. The molecule has 0 radical (unpaired) electrons. The summed E-state index contributed by atoms with van der Waals surface area (Å²) >= 11 is 12.8. The van der Waals surface area contributed by atoms with Gasteiger partial charge in [0.05, 0.1) is 11.9 Å². The Balaban J connectivity index is 1.93. The molecule has 0 aliphatic carbocycles. The molecule has 0 heterocycles. The van der Waals surface area contributed by atoms with Gasteiger partial charge in [-0.3, -0.25) is 13.9 Å². The van der Waals surface area contributed by atoms with Crippen LogP contribution in [0.4, 0.5) is 5.69 Å². The molecule has 3 rings (SSSR count). The quantitative estimate of drug-likeness (QED) is 0.278. The van der Waals surface area contributed by atoms with Crippen molar-refractivity contribution < 1.29 is 22.7 Å². The number of carbonyl (C=O) groups is 2. The van der Waals surface area contributed by atoms with Crippen LogP contribution >= 0.6 is 23.2 Å². The second-order valence-corrected chi connectivity index (χ2v) is 12.2. The third kappa shape index (κ3) is 8.36. The number of amides is 2. The SMILES string of the molecule is CC[C@@H](C(=O)NC(C)C)N(Cc1c(Cl)cccc1Cl)C(=O)CN(c1ccc(Oc2ccccc2)cc1)S(C)(=O)=O. The highest BCUT2D eigenvalue weighted by Gasteiger charge is 2.32. The lowest BCUT2D eigenvalue weighted by atomic mass is 10.1. The fourth-order valence-electron chi connectivity index (χ4n) is 4.07. The maximum Gasteiger partial charge on any atom is 0.244 e. The van der Waals surface area contributed by atoms with Crippen molar-refractivity contribution in [2.75, 3.05) is 17.1 Å². The highest BCUT2D eigenvalue weighted by atomic mass is 35.5. The van der Waals surface area contributed by atoms with E-state index in [0.29, 0.717) is 27.1 Å². The molecule has 0 bridgehead atoms. The summed E-state index contributed by atoms with van der Waals surface area (Å²) in [6, 6.07) is 19.4. The van der Waals surface area contributed by atoms with Crippen LogP contribution in [0.1, 0.15) is 32.8 Å². The molecule has 2 amide bonds. The molecule has 0 aromatic heterocycles. The van der Waals surface area contributed by atoms with Gasteiger partial charge in [0.25, 0.3) is 0 Å². The van der Waals surface area contributed by atoms with Crippen LogP contribution in [0.2, 0.25) is 10.0 Å². The minimum absolute atomic E-state index is 0.0805. The van der Waals surface area contributed by atoms with Crippen molar-refractivity contribution in [1.82, 2.24) is 10.2 Å². The Kier molecular flexibility index (Phi) is 10.8. The van der Waals surface area contributed by atoms with Gasteiger partial charge in [0.1, 0.15) is 24.1 Å². The normalized spacial score (nSPS) is 12.1. The van der Waals surface area contributed by atoms with E-state index in [9.17, 15) is 18.0 Å². The van der Waals surface area contributed by atoms with Gasteiger partial charge in [-0.15, -0.1) is 0 Å². The van der Waals surface area contributed by atoms with Gasteiger partial charge in [-0.25, -0.2) is 8.42 Å². The van der Waals surface area contributed by atoms with Crippen molar-refractivity contribution in [3.63, 3.8) is 0 Å². The Hall–Kier alpha value is -3.27. The standard InChI is InChI=1S/C29H33Cl2N3O5S/c1-5-27(29(36)32-20(2)3)33(18-24-25(30)12-9-13-26(24)31)28(35)19-34(40(4,37)38)21-14-16-23(17-15-21)39-22-10-7-6-8-11-22/h6-17,20,27H,5,18-19H2,1-4H3,(H,32,36)/t27-/m0/s1. The molecule has 214 valence electrons. The van der Waals surface area contributed by atoms with E-state index < -0.39 is 28.5 Å². The van der Waals surface area contributed by atoms with Crippen molar-refractivity contribution in [2.45, 2.75) is 45.8 Å². The molecule has 0 saturated heterocycles. The molecular formula is C29H33Cl2N3O5S. The van der Waals surface area contributed by atoms with E-state index in [1.54, 1.807) is 61.5 Å². The number of nitrogens with one attached hydrogen (secondary N) is 1. The molecule has 0 saturated carbocycles. The molecule has 0 fully saturated rings. The van der Waals surface area contributed by atoms with E-state index in [0.717, 1.165) is 10.6 Å². The molecule has 1 N–H and O–H groups in total. The Morgan fingerprint density at radius 3 is 2.00 bits per heavy atom. The summed E-state index contributed by atoms with van der Waals surface area (Å²) in [5, 5.41) is 3.50. The van der Waals surface area contributed by atoms with Crippen LogP contribution in [-0.2, 0) is 26.2 Å². The third-order valence-corrected chi connectivity index (χ3v) is 7.84. The van der Waals surface area contributed by atoms with Gasteiger partial charge in [0.15, 0.2) is 0 Å². The monoisotopic (exact) mass is 605 g/mol. The zero-order valence-corrected chi connectivity index (χ0v) is 25.1. The third-order valence-electron chi connectivity index (χ3n) is 5.99. The van der Waals surface area contributed by atoms with Gasteiger partial charge in [-0.2, -0.15) is 0 Å². The van der Waals surface area contributed by atoms with Gasteiger partial charge < -0.3 is 15.0 Å². The Morgan fingerprint density at radius 1 is 0.900 bits per heavy atom. The van der Waals surface area contributed by atoms with Crippen LogP contribution in [0.3, 0.4) is 0 Å². The predicted molar refractivity (Wildman–Crippen MR) is 160 cm³/mol. The summed E-state index contributed by atoms with van der Waals surface area (Å²) in [4.78, 5) is 28.3. The average molecular weight is 607 g/mol. The zero-order valence-electron chi connectivity index (χ0n) is 22.8. The first-order valence-corrected chi connectivity index (χ1v) is 15.3. The summed E-state index contributed by atoms with van der Waals surface area (Å²) in [6.07, 6.45) is 1.31. The molecular weight excluding hydrogens is 573 g/mol. The van der Waals surface area contributed by atoms with Crippen LogP contribution in [0, 0.1) is 0 Å². The number of benzene rings is 3. The van der Waals surface area contributed by atoms with Crippen LogP contribution < -0.4 is 14.4 Å². The molecule has 0 aliphatic heterocycles. The second-order valence-electron chi connectivity index (χ2n) is 9.49.